The number of hydrogen-bond acceptors (Lipinski definition) is 6. The first-order valence-corrected chi connectivity index (χ1v) is 10.6. The van der Waals surface area contributed by atoms with Crippen molar-refractivity contribution in [3.63, 3.8) is 0 Å². The number of aryl methyl sites for hydroxylation is 2. The summed E-state index contributed by atoms with van der Waals surface area (Å²) in [6.07, 6.45) is -0.783. The van der Waals surface area contributed by atoms with E-state index in [0.29, 0.717) is 43.2 Å². The molecular formula is C24H28N2O6. The molecule has 170 valence electrons. The second kappa shape index (κ2) is 10.7. The fourth-order valence-corrected chi connectivity index (χ4v) is 3.44. The van der Waals surface area contributed by atoms with Crippen molar-refractivity contribution in [1.29, 1.82) is 0 Å². The van der Waals surface area contributed by atoms with Crippen LogP contribution in [0.3, 0.4) is 0 Å². The van der Waals surface area contributed by atoms with Crippen molar-refractivity contribution < 1.29 is 28.6 Å². The third-order valence-electron chi connectivity index (χ3n) is 5.17. The van der Waals surface area contributed by atoms with Gasteiger partial charge in [0, 0.05) is 31.7 Å². The van der Waals surface area contributed by atoms with E-state index in [1.165, 1.54) is 0 Å². The first-order valence-electron chi connectivity index (χ1n) is 10.6. The largest absolute Gasteiger partial charge is 0.513 e. The van der Waals surface area contributed by atoms with Gasteiger partial charge in [0.1, 0.15) is 11.5 Å². The molecule has 0 N–H and O–H groups in total. The maximum atomic E-state index is 12.8. The van der Waals surface area contributed by atoms with Gasteiger partial charge >= 0.3 is 6.16 Å². The molecule has 0 unspecified atom stereocenters. The van der Waals surface area contributed by atoms with E-state index >= 15 is 0 Å². The summed E-state index contributed by atoms with van der Waals surface area (Å²) in [7, 11) is 0. The molecule has 1 aliphatic heterocycles. The molecule has 0 aliphatic carbocycles. The summed E-state index contributed by atoms with van der Waals surface area (Å²) in [4.78, 5) is 40.0. The van der Waals surface area contributed by atoms with Gasteiger partial charge in [-0.15, -0.1) is 0 Å². The summed E-state index contributed by atoms with van der Waals surface area (Å²) < 4.78 is 15.4. The van der Waals surface area contributed by atoms with Gasteiger partial charge in [0.25, 0.3) is 11.8 Å². The summed E-state index contributed by atoms with van der Waals surface area (Å²) in [5.74, 6) is 0.774. The van der Waals surface area contributed by atoms with Crippen molar-refractivity contribution in [2.75, 3.05) is 39.4 Å². The van der Waals surface area contributed by atoms with Crippen LogP contribution in [-0.4, -0.2) is 67.2 Å². The Morgan fingerprint density at radius 2 is 1.56 bits per heavy atom. The zero-order valence-corrected chi connectivity index (χ0v) is 18.6. The second-order valence-corrected chi connectivity index (χ2v) is 7.54. The summed E-state index contributed by atoms with van der Waals surface area (Å²) >= 11 is 0. The maximum absolute atomic E-state index is 12.8. The van der Waals surface area contributed by atoms with Gasteiger partial charge in [0.15, 0.2) is 6.61 Å². The van der Waals surface area contributed by atoms with Gasteiger partial charge in [0.05, 0.1) is 6.61 Å². The Bertz CT molecular complexity index is 965. The molecule has 2 amide bonds. The first-order chi connectivity index (χ1) is 15.4. The van der Waals surface area contributed by atoms with Crippen LogP contribution in [0, 0.1) is 13.8 Å². The Labute approximate surface area is 187 Å². The van der Waals surface area contributed by atoms with Crippen molar-refractivity contribution in [3.05, 3.63) is 59.2 Å². The molecule has 1 heterocycles. The lowest BCUT2D eigenvalue weighted by Crippen LogP contribution is -2.51. The van der Waals surface area contributed by atoms with Crippen LogP contribution in [0.15, 0.2) is 42.5 Å². The zero-order valence-electron chi connectivity index (χ0n) is 18.6. The molecule has 0 bridgehead atoms. The monoisotopic (exact) mass is 440 g/mol. The number of carbonyl (C=O) groups excluding carboxylic acids is 3. The Kier molecular flexibility index (Phi) is 7.70. The lowest BCUT2D eigenvalue weighted by atomic mass is 10.1. The van der Waals surface area contributed by atoms with Crippen molar-refractivity contribution in [3.8, 4) is 11.5 Å². The number of carbonyl (C=O) groups is 3. The lowest BCUT2D eigenvalue weighted by molar-refractivity contribution is -0.134. The Hall–Kier alpha value is -3.55. The van der Waals surface area contributed by atoms with Crippen LogP contribution >= 0.6 is 0 Å². The van der Waals surface area contributed by atoms with E-state index in [0.717, 1.165) is 11.1 Å². The van der Waals surface area contributed by atoms with Crippen molar-refractivity contribution in [2.45, 2.75) is 20.8 Å². The number of rotatable bonds is 6. The SMILES string of the molecule is CCOC(=O)Oc1ccc(C(=O)N2CCN(C(=O)COc3ccc(C)cc3C)CC2)cc1. The highest BCUT2D eigenvalue weighted by molar-refractivity contribution is 5.94. The molecule has 2 aromatic carbocycles. The smallest absolute Gasteiger partial charge is 0.484 e. The number of nitrogens with zero attached hydrogens (tertiary/aromatic N) is 2. The van der Waals surface area contributed by atoms with Crippen LogP contribution in [0.4, 0.5) is 4.79 Å². The van der Waals surface area contributed by atoms with Crippen LogP contribution in [0.25, 0.3) is 0 Å². The van der Waals surface area contributed by atoms with Gasteiger partial charge in [-0.25, -0.2) is 4.79 Å². The molecule has 1 aliphatic rings. The van der Waals surface area contributed by atoms with Crippen LogP contribution in [-0.2, 0) is 9.53 Å². The number of benzene rings is 2. The highest BCUT2D eigenvalue weighted by Gasteiger charge is 2.25. The summed E-state index contributed by atoms with van der Waals surface area (Å²) in [5.41, 5.74) is 2.62. The Balaban J connectivity index is 1.47. The number of hydrogen-bond donors (Lipinski definition) is 0. The van der Waals surface area contributed by atoms with Gasteiger partial charge in [-0.05, 0) is 56.7 Å². The average molecular weight is 440 g/mol. The summed E-state index contributed by atoms with van der Waals surface area (Å²) in [6, 6.07) is 12.1. The molecule has 8 heteroatoms. The molecule has 0 saturated carbocycles. The molecule has 3 rings (SSSR count). The number of piperazine rings is 1. The molecule has 1 saturated heterocycles. The zero-order chi connectivity index (χ0) is 23.1. The lowest BCUT2D eigenvalue weighted by Gasteiger charge is -2.34. The van der Waals surface area contributed by atoms with E-state index < -0.39 is 6.16 Å². The standard InChI is InChI=1S/C24H28N2O6/c1-4-30-24(29)32-20-8-6-19(7-9-20)23(28)26-13-11-25(12-14-26)22(27)16-31-21-10-5-17(2)15-18(21)3/h5-10,15H,4,11-14,16H2,1-3H3. The van der Waals surface area contributed by atoms with Gasteiger partial charge < -0.3 is 24.0 Å². The Morgan fingerprint density at radius 3 is 2.19 bits per heavy atom. The maximum Gasteiger partial charge on any atom is 0.513 e. The minimum atomic E-state index is -0.783. The van der Waals surface area contributed by atoms with Gasteiger partial charge in [0.2, 0.25) is 0 Å². The van der Waals surface area contributed by atoms with E-state index in [4.69, 9.17) is 14.2 Å². The molecular weight excluding hydrogens is 412 g/mol. The van der Waals surface area contributed by atoms with Crippen LogP contribution in [0.5, 0.6) is 11.5 Å². The topological polar surface area (TPSA) is 85.4 Å². The fraction of sp³-hybridized carbons (Fsp3) is 0.375. The first kappa shape index (κ1) is 23.1. The van der Waals surface area contributed by atoms with Crippen LogP contribution in [0.2, 0.25) is 0 Å². The van der Waals surface area contributed by atoms with Crippen LogP contribution < -0.4 is 9.47 Å². The van der Waals surface area contributed by atoms with Crippen molar-refractivity contribution in [2.24, 2.45) is 0 Å². The van der Waals surface area contributed by atoms with E-state index in [-0.39, 0.29) is 25.0 Å². The molecule has 2 aromatic rings. The molecule has 1 fully saturated rings. The van der Waals surface area contributed by atoms with E-state index in [2.05, 4.69) is 0 Å². The van der Waals surface area contributed by atoms with E-state index in [1.54, 1.807) is 41.0 Å². The number of amides is 2. The van der Waals surface area contributed by atoms with E-state index in [9.17, 15) is 14.4 Å². The molecule has 0 spiro atoms. The van der Waals surface area contributed by atoms with Gasteiger partial charge in [-0.1, -0.05) is 17.7 Å². The second-order valence-electron chi connectivity index (χ2n) is 7.54. The van der Waals surface area contributed by atoms with Gasteiger partial charge in [-0.2, -0.15) is 0 Å². The normalized spacial score (nSPS) is 13.5. The van der Waals surface area contributed by atoms with Gasteiger partial charge in [-0.3, -0.25) is 9.59 Å². The molecule has 0 aromatic heterocycles. The minimum Gasteiger partial charge on any atom is -0.484 e. The summed E-state index contributed by atoms with van der Waals surface area (Å²) in [5, 5.41) is 0. The Morgan fingerprint density at radius 1 is 0.906 bits per heavy atom. The predicted molar refractivity (Wildman–Crippen MR) is 118 cm³/mol. The van der Waals surface area contributed by atoms with Crippen molar-refractivity contribution in [1.82, 2.24) is 9.80 Å². The molecule has 0 radical (unpaired) electrons. The summed E-state index contributed by atoms with van der Waals surface area (Å²) in [6.45, 7) is 7.62. The quantitative estimate of drug-likeness (QED) is 0.507. The third kappa shape index (κ3) is 6.00. The fourth-order valence-electron chi connectivity index (χ4n) is 3.44. The predicted octanol–water partition coefficient (Wildman–Crippen LogP) is 3.20. The third-order valence-corrected chi connectivity index (χ3v) is 5.17. The average Bonchev–Trinajstić information content (AvgIpc) is 2.78. The highest BCUT2D eigenvalue weighted by atomic mass is 16.7. The molecule has 8 nitrogen and oxygen atoms in total. The number of ether oxygens (including phenoxy) is 3. The molecule has 32 heavy (non-hydrogen) atoms. The molecule has 0 atom stereocenters. The van der Waals surface area contributed by atoms with Crippen molar-refractivity contribution >= 4 is 18.0 Å². The van der Waals surface area contributed by atoms with Crippen LogP contribution in [0.1, 0.15) is 28.4 Å². The van der Waals surface area contributed by atoms with E-state index in [1.807, 2.05) is 32.0 Å². The highest BCUT2D eigenvalue weighted by Crippen LogP contribution is 2.19. The minimum absolute atomic E-state index is 0.0280.